The van der Waals surface area contributed by atoms with Crippen LogP contribution >= 0.6 is 11.8 Å². The highest BCUT2D eigenvalue weighted by Crippen LogP contribution is 2.30. The number of hydrogen-bond donors (Lipinski definition) is 2. The third-order valence-electron chi connectivity index (χ3n) is 4.73. The summed E-state index contributed by atoms with van der Waals surface area (Å²) in [6.07, 6.45) is 4.14. The molecule has 5 nitrogen and oxygen atoms in total. The lowest BCUT2D eigenvalue weighted by atomic mass is 10.1. The second kappa shape index (κ2) is 8.91. The van der Waals surface area contributed by atoms with Crippen molar-refractivity contribution < 1.29 is 13.2 Å². The standard InChI is InChI=1S/C20H24N2O3S2/c1-26-14-13-19(22-27(24,25)16-8-3-2-4-9-16)20(23)21-18-12-11-15-7-5-6-10-17(15)18/h2-10,18-19,22H,11-14H2,1H3,(H,21,23). The highest BCUT2D eigenvalue weighted by molar-refractivity contribution is 7.98. The molecule has 0 bridgehead atoms. The van der Waals surface area contributed by atoms with E-state index in [1.54, 1.807) is 30.0 Å². The predicted molar refractivity (Wildman–Crippen MR) is 109 cm³/mol. The molecule has 0 saturated carbocycles. The highest BCUT2D eigenvalue weighted by atomic mass is 32.2. The summed E-state index contributed by atoms with van der Waals surface area (Å²) in [4.78, 5) is 13.0. The van der Waals surface area contributed by atoms with E-state index in [4.69, 9.17) is 0 Å². The Morgan fingerprint density at radius 2 is 1.85 bits per heavy atom. The van der Waals surface area contributed by atoms with Gasteiger partial charge >= 0.3 is 0 Å². The summed E-state index contributed by atoms with van der Waals surface area (Å²) in [7, 11) is -3.75. The van der Waals surface area contributed by atoms with E-state index >= 15 is 0 Å². The first-order chi connectivity index (χ1) is 13.0. The summed E-state index contributed by atoms with van der Waals surface area (Å²) in [5, 5.41) is 3.04. The Morgan fingerprint density at radius 1 is 1.15 bits per heavy atom. The van der Waals surface area contributed by atoms with Crippen LogP contribution in [0.15, 0.2) is 59.5 Å². The zero-order valence-corrected chi connectivity index (χ0v) is 16.9. The molecule has 2 atom stereocenters. The van der Waals surface area contributed by atoms with Gasteiger partial charge in [0.2, 0.25) is 15.9 Å². The number of sulfonamides is 1. The third-order valence-corrected chi connectivity index (χ3v) is 6.86. The summed E-state index contributed by atoms with van der Waals surface area (Å²) in [5.41, 5.74) is 2.37. The Labute approximate surface area is 165 Å². The van der Waals surface area contributed by atoms with Gasteiger partial charge in [0.25, 0.3) is 0 Å². The average Bonchev–Trinajstić information content (AvgIpc) is 3.08. The summed E-state index contributed by atoms with van der Waals surface area (Å²) < 4.78 is 27.9. The van der Waals surface area contributed by atoms with Gasteiger partial charge in [-0.3, -0.25) is 4.79 Å². The molecule has 27 heavy (non-hydrogen) atoms. The molecular weight excluding hydrogens is 380 g/mol. The van der Waals surface area contributed by atoms with Crippen molar-refractivity contribution in [3.63, 3.8) is 0 Å². The van der Waals surface area contributed by atoms with Crippen molar-refractivity contribution in [3.05, 3.63) is 65.7 Å². The number of thioether (sulfide) groups is 1. The molecule has 1 amide bonds. The van der Waals surface area contributed by atoms with Gasteiger partial charge in [-0.2, -0.15) is 16.5 Å². The van der Waals surface area contributed by atoms with Crippen LogP contribution in [0.1, 0.15) is 30.0 Å². The fourth-order valence-corrected chi connectivity index (χ4v) is 5.04. The summed E-state index contributed by atoms with van der Waals surface area (Å²) >= 11 is 1.59. The molecule has 0 fully saturated rings. The molecule has 2 N–H and O–H groups in total. The van der Waals surface area contributed by atoms with Crippen LogP contribution in [0.5, 0.6) is 0 Å². The Hall–Kier alpha value is -1.83. The summed E-state index contributed by atoms with van der Waals surface area (Å²) in [6, 6.07) is 15.4. The molecule has 2 aromatic rings. The van der Waals surface area contributed by atoms with Gasteiger partial charge in [0, 0.05) is 0 Å². The van der Waals surface area contributed by atoms with Crippen molar-refractivity contribution in [2.45, 2.75) is 36.2 Å². The number of carbonyl (C=O) groups excluding carboxylic acids is 1. The molecule has 0 heterocycles. The number of benzene rings is 2. The molecule has 1 aliphatic carbocycles. The molecule has 144 valence electrons. The van der Waals surface area contributed by atoms with E-state index in [9.17, 15) is 13.2 Å². The zero-order valence-electron chi connectivity index (χ0n) is 15.2. The average molecular weight is 405 g/mol. The van der Waals surface area contributed by atoms with E-state index in [2.05, 4.69) is 16.1 Å². The van der Waals surface area contributed by atoms with E-state index in [1.165, 1.54) is 17.7 Å². The lowest BCUT2D eigenvalue weighted by Gasteiger charge is -2.21. The molecule has 7 heteroatoms. The Bertz CT molecular complexity index is 885. The summed E-state index contributed by atoms with van der Waals surface area (Å²) in [5.74, 6) is 0.418. The van der Waals surface area contributed by atoms with Gasteiger partial charge < -0.3 is 5.32 Å². The van der Waals surface area contributed by atoms with Gasteiger partial charge in [0.1, 0.15) is 6.04 Å². The molecule has 0 radical (unpaired) electrons. The first-order valence-corrected chi connectivity index (χ1v) is 11.8. The molecule has 0 spiro atoms. The maximum absolute atomic E-state index is 12.9. The van der Waals surface area contributed by atoms with Gasteiger partial charge in [-0.25, -0.2) is 8.42 Å². The molecule has 0 aliphatic heterocycles. The fourth-order valence-electron chi connectivity index (χ4n) is 3.31. The Morgan fingerprint density at radius 3 is 2.59 bits per heavy atom. The molecule has 0 aromatic heterocycles. The van der Waals surface area contributed by atoms with Gasteiger partial charge in [0.15, 0.2) is 0 Å². The van der Waals surface area contributed by atoms with Crippen LogP contribution < -0.4 is 10.0 Å². The Kier molecular flexibility index (Phi) is 6.57. The normalized spacial score (nSPS) is 17.3. The maximum atomic E-state index is 12.9. The fraction of sp³-hybridized carbons (Fsp3) is 0.350. The molecule has 1 aliphatic rings. The second-order valence-corrected chi connectivity index (χ2v) is 9.27. The number of amides is 1. The number of fused-ring (bicyclic) bond motifs is 1. The van der Waals surface area contributed by atoms with Crippen LogP contribution in [-0.2, 0) is 21.2 Å². The van der Waals surface area contributed by atoms with E-state index < -0.39 is 16.1 Å². The maximum Gasteiger partial charge on any atom is 0.241 e. The minimum Gasteiger partial charge on any atom is -0.348 e. The van der Waals surface area contributed by atoms with E-state index in [0.29, 0.717) is 12.2 Å². The zero-order chi connectivity index (χ0) is 19.3. The molecule has 2 unspecified atom stereocenters. The van der Waals surface area contributed by atoms with Crippen LogP contribution in [-0.4, -0.2) is 32.4 Å². The number of nitrogens with one attached hydrogen (secondary N) is 2. The monoisotopic (exact) mass is 404 g/mol. The van der Waals surface area contributed by atoms with Gasteiger partial charge in [-0.05, 0) is 54.5 Å². The second-order valence-electron chi connectivity index (χ2n) is 6.57. The van der Waals surface area contributed by atoms with Crippen LogP contribution in [0.4, 0.5) is 0 Å². The van der Waals surface area contributed by atoms with Crippen molar-refractivity contribution in [2.75, 3.05) is 12.0 Å². The van der Waals surface area contributed by atoms with E-state index in [-0.39, 0.29) is 16.8 Å². The molecule has 3 rings (SSSR count). The predicted octanol–water partition coefficient (Wildman–Crippen LogP) is 2.89. The van der Waals surface area contributed by atoms with Crippen LogP contribution in [0.3, 0.4) is 0 Å². The van der Waals surface area contributed by atoms with Crippen LogP contribution in [0, 0.1) is 0 Å². The molecule has 0 saturated heterocycles. The smallest absolute Gasteiger partial charge is 0.241 e. The van der Waals surface area contributed by atoms with Crippen molar-refractivity contribution in [1.29, 1.82) is 0 Å². The van der Waals surface area contributed by atoms with E-state index in [1.807, 2.05) is 24.5 Å². The van der Waals surface area contributed by atoms with Crippen LogP contribution in [0.2, 0.25) is 0 Å². The van der Waals surface area contributed by atoms with Crippen molar-refractivity contribution in [2.24, 2.45) is 0 Å². The summed E-state index contributed by atoms with van der Waals surface area (Å²) in [6.45, 7) is 0. The largest absolute Gasteiger partial charge is 0.348 e. The lowest BCUT2D eigenvalue weighted by molar-refractivity contribution is -0.123. The number of rotatable bonds is 8. The lowest BCUT2D eigenvalue weighted by Crippen LogP contribution is -2.47. The van der Waals surface area contributed by atoms with Crippen molar-refractivity contribution in [1.82, 2.24) is 10.0 Å². The molecular formula is C20H24N2O3S2. The van der Waals surface area contributed by atoms with Crippen molar-refractivity contribution >= 4 is 27.7 Å². The topological polar surface area (TPSA) is 75.3 Å². The van der Waals surface area contributed by atoms with Crippen molar-refractivity contribution in [3.8, 4) is 0 Å². The quantitative estimate of drug-likeness (QED) is 0.709. The number of carbonyl (C=O) groups is 1. The number of aryl methyl sites for hydroxylation is 1. The highest BCUT2D eigenvalue weighted by Gasteiger charge is 2.29. The minimum atomic E-state index is -3.75. The van der Waals surface area contributed by atoms with Crippen LogP contribution in [0.25, 0.3) is 0 Å². The first-order valence-electron chi connectivity index (χ1n) is 8.96. The Balaban J connectivity index is 1.74. The van der Waals surface area contributed by atoms with Gasteiger partial charge in [0.05, 0.1) is 10.9 Å². The SMILES string of the molecule is CSCCC(NS(=O)(=O)c1ccccc1)C(=O)NC1CCc2ccccc21. The third kappa shape index (κ3) is 4.91. The molecule has 2 aromatic carbocycles. The van der Waals surface area contributed by atoms with Gasteiger partial charge in [-0.15, -0.1) is 0 Å². The van der Waals surface area contributed by atoms with E-state index in [0.717, 1.165) is 18.4 Å². The number of hydrogen-bond acceptors (Lipinski definition) is 4. The minimum absolute atomic E-state index is 0.0632. The first kappa shape index (κ1) is 19.9. The van der Waals surface area contributed by atoms with Gasteiger partial charge in [-0.1, -0.05) is 42.5 Å².